The molecule has 1 unspecified atom stereocenters. The zero-order valence-corrected chi connectivity index (χ0v) is 8.83. The fourth-order valence-electron chi connectivity index (χ4n) is 1.18. The van der Waals surface area contributed by atoms with Gasteiger partial charge in [0.25, 0.3) is 5.91 Å². The van der Waals surface area contributed by atoms with Crippen LogP contribution in [0.2, 0.25) is 0 Å². The van der Waals surface area contributed by atoms with E-state index in [9.17, 15) is 9.59 Å². The van der Waals surface area contributed by atoms with Crippen LogP contribution in [0.1, 0.15) is 16.8 Å². The van der Waals surface area contributed by atoms with E-state index in [-0.39, 0.29) is 24.3 Å². The van der Waals surface area contributed by atoms with Gasteiger partial charge in [0.15, 0.2) is 0 Å². The normalized spacial score (nSPS) is 11.8. The standard InChI is InChI=1S/C10H12N2O5/c13-2-1-8(10(16)17)12-9(15)6-3-7(14)5-11-4-6/h3-5,8,13-14H,1-2H2,(H,12,15)(H,16,17). The first-order valence-corrected chi connectivity index (χ1v) is 4.83. The van der Waals surface area contributed by atoms with Crippen LogP contribution in [0.5, 0.6) is 5.75 Å². The Kier molecular flexibility index (Phi) is 4.41. The quantitative estimate of drug-likeness (QED) is 0.543. The van der Waals surface area contributed by atoms with E-state index in [4.69, 9.17) is 15.3 Å². The van der Waals surface area contributed by atoms with Crippen molar-refractivity contribution in [1.29, 1.82) is 0 Å². The maximum atomic E-state index is 11.6. The molecule has 1 heterocycles. The summed E-state index contributed by atoms with van der Waals surface area (Å²) in [5.74, 6) is -2.10. The van der Waals surface area contributed by atoms with Crippen molar-refractivity contribution in [3.63, 3.8) is 0 Å². The Morgan fingerprint density at radius 1 is 1.41 bits per heavy atom. The number of aliphatic hydroxyl groups is 1. The highest BCUT2D eigenvalue weighted by Crippen LogP contribution is 2.08. The molecule has 0 bridgehead atoms. The number of carboxylic acids is 1. The summed E-state index contributed by atoms with van der Waals surface area (Å²) < 4.78 is 0. The molecule has 0 spiro atoms. The maximum absolute atomic E-state index is 11.6. The van der Waals surface area contributed by atoms with Crippen LogP contribution >= 0.6 is 0 Å². The van der Waals surface area contributed by atoms with Crippen LogP contribution in [0.3, 0.4) is 0 Å². The predicted octanol–water partition coefficient (Wildman–Crippen LogP) is -0.647. The number of carboxylic acid groups (broad SMARTS) is 1. The van der Waals surface area contributed by atoms with Crippen molar-refractivity contribution in [3.05, 3.63) is 24.0 Å². The lowest BCUT2D eigenvalue weighted by atomic mass is 10.2. The monoisotopic (exact) mass is 240 g/mol. The van der Waals surface area contributed by atoms with Gasteiger partial charge in [0, 0.05) is 19.2 Å². The number of aromatic hydroxyl groups is 1. The topological polar surface area (TPSA) is 120 Å². The molecule has 17 heavy (non-hydrogen) atoms. The lowest BCUT2D eigenvalue weighted by molar-refractivity contribution is -0.139. The first kappa shape index (κ1) is 12.9. The van der Waals surface area contributed by atoms with Crippen molar-refractivity contribution in [3.8, 4) is 5.75 Å². The van der Waals surface area contributed by atoms with Crippen molar-refractivity contribution in [1.82, 2.24) is 10.3 Å². The molecule has 0 saturated carbocycles. The number of carbonyl (C=O) groups is 2. The van der Waals surface area contributed by atoms with E-state index < -0.39 is 17.9 Å². The lowest BCUT2D eigenvalue weighted by Gasteiger charge is -2.12. The number of nitrogens with zero attached hydrogens (tertiary/aromatic N) is 1. The third kappa shape index (κ3) is 3.72. The van der Waals surface area contributed by atoms with Gasteiger partial charge in [0.2, 0.25) is 0 Å². The van der Waals surface area contributed by atoms with E-state index in [1.165, 1.54) is 12.3 Å². The minimum atomic E-state index is -1.24. The van der Waals surface area contributed by atoms with Crippen LogP contribution in [0.4, 0.5) is 0 Å². The van der Waals surface area contributed by atoms with E-state index in [1.807, 2.05) is 0 Å². The molecular weight excluding hydrogens is 228 g/mol. The summed E-state index contributed by atoms with van der Waals surface area (Å²) in [6.45, 7) is -0.352. The summed E-state index contributed by atoms with van der Waals surface area (Å²) in [7, 11) is 0. The number of pyridine rings is 1. The Hall–Kier alpha value is -2.15. The molecule has 4 N–H and O–H groups in total. The second kappa shape index (κ2) is 5.80. The average Bonchev–Trinajstić information content (AvgIpc) is 2.28. The number of aliphatic hydroxyl groups excluding tert-OH is 1. The van der Waals surface area contributed by atoms with Crippen molar-refractivity contribution in [2.45, 2.75) is 12.5 Å². The van der Waals surface area contributed by atoms with E-state index in [0.29, 0.717) is 0 Å². The number of amides is 1. The molecule has 0 fully saturated rings. The SMILES string of the molecule is O=C(NC(CCO)C(=O)O)c1cncc(O)c1. The van der Waals surface area contributed by atoms with Crippen LogP contribution < -0.4 is 5.32 Å². The predicted molar refractivity (Wildman–Crippen MR) is 56.5 cm³/mol. The van der Waals surface area contributed by atoms with Crippen molar-refractivity contribution in [2.24, 2.45) is 0 Å². The minimum Gasteiger partial charge on any atom is -0.506 e. The first-order chi connectivity index (χ1) is 8.04. The zero-order valence-electron chi connectivity index (χ0n) is 8.83. The van der Waals surface area contributed by atoms with E-state index in [1.54, 1.807) is 0 Å². The largest absolute Gasteiger partial charge is 0.506 e. The first-order valence-electron chi connectivity index (χ1n) is 4.83. The molecule has 7 heteroatoms. The van der Waals surface area contributed by atoms with Crippen LogP contribution in [-0.2, 0) is 4.79 Å². The van der Waals surface area contributed by atoms with Gasteiger partial charge >= 0.3 is 5.97 Å². The van der Waals surface area contributed by atoms with Crippen LogP contribution in [0.15, 0.2) is 18.5 Å². The molecule has 1 rings (SSSR count). The molecule has 0 radical (unpaired) electrons. The maximum Gasteiger partial charge on any atom is 0.326 e. The number of nitrogens with one attached hydrogen (secondary N) is 1. The third-order valence-electron chi connectivity index (χ3n) is 2.01. The van der Waals surface area contributed by atoms with Crippen LogP contribution in [-0.4, -0.2) is 44.8 Å². The molecule has 1 aromatic heterocycles. The highest BCUT2D eigenvalue weighted by atomic mass is 16.4. The number of aromatic nitrogens is 1. The summed E-state index contributed by atoms with van der Waals surface area (Å²) in [5, 5.41) is 28.7. The summed E-state index contributed by atoms with van der Waals surface area (Å²) in [4.78, 5) is 25.9. The van der Waals surface area contributed by atoms with Gasteiger partial charge in [-0.3, -0.25) is 9.78 Å². The Labute approximate surface area is 96.7 Å². The Morgan fingerprint density at radius 3 is 2.65 bits per heavy atom. The third-order valence-corrected chi connectivity index (χ3v) is 2.01. The lowest BCUT2D eigenvalue weighted by Crippen LogP contribution is -2.41. The molecule has 1 aromatic rings. The summed E-state index contributed by atoms with van der Waals surface area (Å²) in [6, 6.07) is -0.00458. The van der Waals surface area contributed by atoms with E-state index in [2.05, 4.69) is 10.3 Å². The number of carbonyl (C=O) groups excluding carboxylic acids is 1. The molecule has 7 nitrogen and oxygen atoms in total. The van der Waals surface area contributed by atoms with Crippen LogP contribution in [0, 0.1) is 0 Å². The second-order valence-electron chi connectivity index (χ2n) is 3.31. The summed E-state index contributed by atoms with van der Waals surface area (Å²) in [6.07, 6.45) is 2.26. The van der Waals surface area contributed by atoms with Gasteiger partial charge in [-0.25, -0.2) is 4.79 Å². The van der Waals surface area contributed by atoms with Crippen LogP contribution in [0.25, 0.3) is 0 Å². The van der Waals surface area contributed by atoms with Crippen molar-refractivity contribution < 1.29 is 24.9 Å². The molecule has 0 aromatic carbocycles. The fraction of sp³-hybridized carbons (Fsp3) is 0.300. The Morgan fingerprint density at radius 2 is 2.12 bits per heavy atom. The van der Waals surface area contributed by atoms with Gasteiger partial charge in [-0.15, -0.1) is 0 Å². The summed E-state index contributed by atoms with van der Waals surface area (Å²) >= 11 is 0. The van der Waals surface area contributed by atoms with Gasteiger partial charge in [-0.2, -0.15) is 0 Å². The van der Waals surface area contributed by atoms with Gasteiger partial charge in [-0.1, -0.05) is 0 Å². The molecule has 0 aliphatic heterocycles. The highest BCUT2D eigenvalue weighted by molar-refractivity contribution is 5.96. The molecular formula is C10H12N2O5. The van der Waals surface area contributed by atoms with Crippen molar-refractivity contribution >= 4 is 11.9 Å². The Balaban J connectivity index is 2.73. The molecule has 0 aliphatic carbocycles. The molecule has 92 valence electrons. The fourth-order valence-corrected chi connectivity index (χ4v) is 1.18. The molecule has 0 saturated heterocycles. The van der Waals surface area contributed by atoms with Crippen molar-refractivity contribution in [2.75, 3.05) is 6.61 Å². The average molecular weight is 240 g/mol. The highest BCUT2D eigenvalue weighted by Gasteiger charge is 2.20. The van der Waals surface area contributed by atoms with Gasteiger partial charge < -0.3 is 20.6 Å². The van der Waals surface area contributed by atoms with E-state index in [0.717, 1.165) is 6.20 Å². The molecule has 0 aliphatic rings. The smallest absolute Gasteiger partial charge is 0.326 e. The molecule has 1 amide bonds. The zero-order chi connectivity index (χ0) is 12.8. The minimum absolute atomic E-state index is 0.0502. The van der Waals surface area contributed by atoms with Gasteiger partial charge in [0.1, 0.15) is 11.8 Å². The summed E-state index contributed by atoms with van der Waals surface area (Å²) in [5.41, 5.74) is 0.0502. The Bertz CT molecular complexity index is 421. The van der Waals surface area contributed by atoms with Gasteiger partial charge in [0.05, 0.1) is 11.8 Å². The second-order valence-corrected chi connectivity index (χ2v) is 3.31. The van der Waals surface area contributed by atoms with E-state index >= 15 is 0 Å². The van der Waals surface area contributed by atoms with Gasteiger partial charge in [-0.05, 0) is 6.07 Å². The number of hydrogen-bond acceptors (Lipinski definition) is 5. The number of hydrogen-bond donors (Lipinski definition) is 4. The number of aliphatic carboxylic acids is 1. The number of rotatable bonds is 5. The molecule has 1 atom stereocenters.